The van der Waals surface area contributed by atoms with Gasteiger partial charge in [-0.2, -0.15) is 0 Å². The number of anilines is 2. The van der Waals surface area contributed by atoms with E-state index in [0.717, 1.165) is 35.5 Å². The molecule has 2 unspecified atom stereocenters. The average Bonchev–Trinajstić information content (AvgIpc) is 3.20. The number of piperidine rings is 1. The molecule has 0 radical (unpaired) electrons. The highest BCUT2D eigenvalue weighted by Crippen LogP contribution is 2.52. The monoisotopic (exact) mass is 306 g/mol. The third kappa shape index (κ3) is 2.83. The lowest BCUT2D eigenvalue weighted by molar-refractivity contribution is 0.0993. The fraction of sp³-hybridized carbons (Fsp3) is 0.706. The van der Waals surface area contributed by atoms with Crippen LogP contribution < -0.4 is 10.6 Å². The SMILES string of the molecule is CCC(=O)c1sc(N2CC(C)CC(C)C2)c(C2CC2)c1N. The van der Waals surface area contributed by atoms with Gasteiger partial charge >= 0.3 is 0 Å². The summed E-state index contributed by atoms with van der Waals surface area (Å²) in [7, 11) is 0. The molecule has 2 fully saturated rings. The van der Waals surface area contributed by atoms with E-state index < -0.39 is 0 Å². The Kier molecular flexibility index (Phi) is 4.00. The van der Waals surface area contributed by atoms with E-state index in [0.29, 0.717) is 12.3 Å². The molecule has 1 aliphatic heterocycles. The van der Waals surface area contributed by atoms with Gasteiger partial charge in [0.05, 0.1) is 15.6 Å². The number of rotatable bonds is 4. The minimum atomic E-state index is 0.198. The number of carbonyl (C=O) groups excluding carboxylic acids is 1. The number of ketones is 1. The van der Waals surface area contributed by atoms with Crippen LogP contribution in [0.2, 0.25) is 0 Å². The summed E-state index contributed by atoms with van der Waals surface area (Å²) in [6, 6.07) is 0. The number of nitrogens with two attached hydrogens (primary N) is 1. The Morgan fingerprint density at radius 3 is 2.43 bits per heavy atom. The number of carbonyl (C=O) groups is 1. The van der Waals surface area contributed by atoms with Crippen molar-refractivity contribution in [3.8, 4) is 0 Å². The molecule has 3 rings (SSSR count). The molecule has 0 spiro atoms. The topological polar surface area (TPSA) is 46.3 Å². The molecule has 2 atom stereocenters. The van der Waals surface area contributed by atoms with Gasteiger partial charge in [0.2, 0.25) is 0 Å². The van der Waals surface area contributed by atoms with Crippen molar-refractivity contribution in [2.45, 2.75) is 52.4 Å². The number of hydrogen-bond acceptors (Lipinski definition) is 4. The third-order valence-corrected chi connectivity index (χ3v) is 6.00. The van der Waals surface area contributed by atoms with Crippen molar-refractivity contribution in [2.75, 3.05) is 23.7 Å². The lowest BCUT2D eigenvalue weighted by Crippen LogP contribution is -2.38. The summed E-state index contributed by atoms with van der Waals surface area (Å²) in [5.41, 5.74) is 8.44. The maximum absolute atomic E-state index is 12.2. The van der Waals surface area contributed by atoms with Crippen LogP contribution in [0, 0.1) is 11.8 Å². The van der Waals surface area contributed by atoms with E-state index in [2.05, 4.69) is 18.7 Å². The first kappa shape index (κ1) is 14.9. The Hall–Kier alpha value is -1.03. The normalized spacial score (nSPS) is 26.1. The summed E-state index contributed by atoms with van der Waals surface area (Å²) in [4.78, 5) is 15.5. The highest BCUT2D eigenvalue weighted by molar-refractivity contribution is 7.19. The van der Waals surface area contributed by atoms with Gasteiger partial charge in [0.25, 0.3) is 0 Å². The van der Waals surface area contributed by atoms with Gasteiger partial charge in [-0.15, -0.1) is 11.3 Å². The number of nitrogen functional groups attached to an aromatic ring is 1. The smallest absolute Gasteiger partial charge is 0.174 e. The molecule has 1 saturated heterocycles. The van der Waals surface area contributed by atoms with Gasteiger partial charge in [0, 0.05) is 25.1 Å². The minimum absolute atomic E-state index is 0.198. The van der Waals surface area contributed by atoms with Gasteiger partial charge in [0.1, 0.15) is 0 Å². The van der Waals surface area contributed by atoms with Gasteiger partial charge in [-0.05, 0) is 37.0 Å². The molecular weight excluding hydrogens is 280 g/mol. The van der Waals surface area contributed by atoms with Gasteiger partial charge in [0.15, 0.2) is 5.78 Å². The number of thiophene rings is 1. The fourth-order valence-electron chi connectivity index (χ4n) is 3.64. The molecule has 1 aromatic heterocycles. The van der Waals surface area contributed by atoms with E-state index >= 15 is 0 Å². The summed E-state index contributed by atoms with van der Waals surface area (Å²) in [5.74, 6) is 2.23. The molecule has 2 aliphatic rings. The van der Waals surface area contributed by atoms with Crippen LogP contribution in [0.15, 0.2) is 0 Å². The number of nitrogens with zero attached hydrogens (tertiary/aromatic N) is 1. The van der Waals surface area contributed by atoms with E-state index in [9.17, 15) is 4.79 Å². The quantitative estimate of drug-likeness (QED) is 0.844. The van der Waals surface area contributed by atoms with Gasteiger partial charge < -0.3 is 10.6 Å². The molecule has 4 heteroatoms. The lowest BCUT2D eigenvalue weighted by atomic mass is 9.92. The summed E-state index contributed by atoms with van der Waals surface area (Å²) >= 11 is 1.65. The van der Waals surface area contributed by atoms with Crippen molar-refractivity contribution in [3.05, 3.63) is 10.4 Å². The summed E-state index contributed by atoms with van der Waals surface area (Å²) in [6.07, 6.45) is 4.30. The van der Waals surface area contributed by atoms with Gasteiger partial charge in [-0.25, -0.2) is 0 Å². The molecule has 0 bridgehead atoms. The van der Waals surface area contributed by atoms with Crippen molar-refractivity contribution in [1.82, 2.24) is 0 Å². The van der Waals surface area contributed by atoms with Crippen LogP contribution in [0.25, 0.3) is 0 Å². The first-order valence-corrected chi connectivity index (χ1v) is 9.03. The molecule has 3 nitrogen and oxygen atoms in total. The predicted molar refractivity (Wildman–Crippen MR) is 90.5 cm³/mol. The van der Waals surface area contributed by atoms with Crippen LogP contribution in [0.5, 0.6) is 0 Å². The first-order valence-electron chi connectivity index (χ1n) is 8.21. The van der Waals surface area contributed by atoms with Crippen molar-refractivity contribution in [3.63, 3.8) is 0 Å². The van der Waals surface area contributed by atoms with Gasteiger partial charge in [-0.3, -0.25) is 4.79 Å². The Balaban J connectivity index is 1.98. The van der Waals surface area contributed by atoms with E-state index in [1.54, 1.807) is 11.3 Å². The first-order chi connectivity index (χ1) is 10.0. The average molecular weight is 306 g/mol. The number of hydrogen-bond donors (Lipinski definition) is 1. The zero-order valence-corrected chi connectivity index (χ0v) is 14.1. The Bertz CT molecular complexity index is 537. The minimum Gasteiger partial charge on any atom is -0.397 e. The molecule has 0 amide bonds. The third-order valence-electron chi connectivity index (χ3n) is 4.68. The van der Waals surface area contributed by atoms with Crippen molar-refractivity contribution in [2.24, 2.45) is 11.8 Å². The molecule has 0 aromatic carbocycles. The van der Waals surface area contributed by atoms with Gasteiger partial charge in [-0.1, -0.05) is 20.8 Å². The van der Waals surface area contributed by atoms with Crippen molar-refractivity contribution >= 4 is 27.8 Å². The van der Waals surface area contributed by atoms with E-state index in [1.807, 2.05) is 6.92 Å². The highest BCUT2D eigenvalue weighted by atomic mass is 32.1. The second kappa shape index (κ2) is 5.64. The lowest BCUT2D eigenvalue weighted by Gasteiger charge is -2.36. The molecule has 116 valence electrons. The highest BCUT2D eigenvalue weighted by Gasteiger charge is 2.35. The summed E-state index contributed by atoms with van der Waals surface area (Å²) < 4.78 is 0. The Morgan fingerprint density at radius 2 is 1.90 bits per heavy atom. The Labute approximate surface area is 131 Å². The van der Waals surface area contributed by atoms with E-state index in [1.165, 1.54) is 29.8 Å². The van der Waals surface area contributed by atoms with E-state index in [-0.39, 0.29) is 5.78 Å². The van der Waals surface area contributed by atoms with Crippen LogP contribution in [0.1, 0.15) is 67.6 Å². The maximum Gasteiger partial charge on any atom is 0.174 e. The molecular formula is C17H26N2OS. The number of Topliss-reactive ketones (excluding diaryl/α,β-unsaturated/α-hetero) is 1. The van der Waals surface area contributed by atoms with Crippen LogP contribution in [0.4, 0.5) is 10.7 Å². The molecule has 2 heterocycles. The second-order valence-corrected chi connectivity index (χ2v) is 7.96. The summed E-state index contributed by atoms with van der Waals surface area (Å²) in [5, 5.41) is 1.30. The van der Waals surface area contributed by atoms with Crippen LogP contribution in [-0.4, -0.2) is 18.9 Å². The standard InChI is InChI=1S/C17H26N2OS/c1-4-13(20)16-15(18)14(12-5-6-12)17(21-16)19-8-10(2)7-11(3)9-19/h10-12H,4-9,18H2,1-3H3. The zero-order valence-electron chi connectivity index (χ0n) is 13.3. The van der Waals surface area contributed by atoms with Crippen molar-refractivity contribution in [1.29, 1.82) is 0 Å². The maximum atomic E-state index is 12.2. The predicted octanol–water partition coefficient (Wildman–Crippen LogP) is 4.28. The van der Waals surface area contributed by atoms with Crippen LogP contribution >= 0.6 is 11.3 Å². The van der Waals surface area contributed by atoms with Crippen LogP contribution in [0.3, 0.4) is 0 Å². The molecule has 1 saturated carbocycles. The molecule has 1 aliphatic carbocycles. The van der Waals surface area contributed by atoms with E-state index in [4.69, 9.17) is 5.73 Å². The van der Waals surface area contributed by atoms with Crippen LogP contribution in [-0.2, 0) is 0 Å². The zero-order chi connectivity index (χ0) is 15.1. The molecule has 1 aromatic rings. The molecule has 2 N–H and O–H groups in total. The fourth-order valence-corrected chi connectivity index (χ4v) is 4.98. The molecule has 21 heavy (non-hydrogen) atoms. The second-order valence-electron chi connectivity index (χ2n) is 6.97. The largest absolute Gasteiger partial charge is 0.397 e. The summed E-state index contributed by atoms with van der Waals surface area (Å²) in [6.45, 7) is 8.78. The van der Waals surface area contributed by atoms with Crippen molar-refractivity contribution < 1.29 is 4.79 Å². The Morgan fingerprint density at radius 1 is 1.29 bits per heavy atom.